The van der Waals surface area contributed by atoms with Gasteiger partial charge in [0.25, 0.3) is 0 Å². The van der Waals surface area contributed by atoms with E-state index in [0.29, 0.717) is 22.8 Å². The Balaban J connectivity index is 1.72. The molecule has 2 heterocycles. The van der Waals surface area contributed by atoms with Crippen LogP contribution >= 0.6 is 11.6 Å². The number of nitrogens with zero attached hydrogens (tertiary/aromatic N) is 2. The van der Waals surface area contributed by atoms with E-state index in [0.717, 1.165) is 28.1 Å². The SMILES string of the molecule is COc1ccccc1-c1cnc(-c2cc3c(cc2Cl)NC(=O)C3)nc1. The van der Waals surface area contributed by atoms with Crippen molar-refractivity contribution in [3.63, 3.8) is 0 Å². The number of methoxy groups -OCH3 is 1. The molecule has 0 spiro atoms. The molecule has 0 unspecified atom stereocenters. The van der Waals surface area contributed by atoms with Gasteiger partial charge in [-0.25, -0.2) is 9.97 Å². The van der Waals surface area contributed by atoms with Gasteiger partial charge in [-0.3, -0.25) is 4.79 Å². The molecular formula is C19H14ClN3O2. The maximum absolute atomic E-state index is 11.5. The van der Waals surface area contributed by atoms with Crippen LogP contribution in [0.2, 0.25) is 5.02 Å². The van der Waals surface area contributed by atoms with E-state index in [-0.39, 0.29) is 5.91 Å². The van der Waals surface area contributed by atoms with E-state index in [2.05, 4.69) is 15.3 Å². The Bertz CT molecular complexity index is 971. The quantitative estimate of drug-likeness (QED) is 0.775. The second kappa shape index (κ2) is 6.18. The third-order valence-corrected chi connectivity index (χ3v) is 4.44. The molecule has 1 aliphatic heterocycles. The molecule has 6 heteroatoms. The Morgan fingerprint density at radius 2 is 1.88 bits per heavy atom. The molecule has 1 aliphatic rings. The third kappa shape index (κ3) is 2.83. The molecule has 1 N–H and O–H groups in total. The van der Waals surface area contributed by atoms with Crippen LogP contribution in [0.15, 0.2) is 48.8 Å². The van der Waals surface area contributed by atoms with Crippen molar-refractivity contribution in [2.45, 2.75) is 6.42 Å². The number of ether oxygens (including phenoxy) is 1. The van der Waals surface area contributed by atoms with Crippen LogP contribution in [0.1, 0.15) is 5.56 Å². The fraction of sp³-hybridized carbons (Fsp3) is 0.105. The molecule has 0 aliphatic carbocycles. The van der Waals surface area contributed by atoms with Crippen molar-refractivity contribution in [1.29, 1.82) is 0 Å². The first-order valence-electron chi connectivity index (χ1n) is 7.74. The lowest BCUT2D eigenvalue weighted by Gasteiger charge is -2.09. The summed E-state index contributed by atoms with van der Waals surface area (Å²) in [6.07, 6.45) is 3.83. The third-order valence-electron chi connectivity index (χ3n) is 4.13. The Kier molecular flexibility index (Phi) is 3.86. The van der Waals surface area contributed by atoms with Crippen molar-refractivity contribution in [2.24, 2.45) is 0 Å². The molecule has 124 valence electrons. The van der Waals surface area contributed by atoms with Gasteiger partial charge >= 0.3 is 0 Å². The predicted octanol–water partition coefficient (Wildman–Crippen LogP) is 3.97. The second-order valence-electron chi connectivity index (χ2n) is 5.71. The van der Waals surface area contributed by atoms with E-state index in [4.69, 9.17) is 16.3 Å². The van der Waals surface area contributed by atoms with Gasteiger partial charge < -0.3 is 10.1 Å². The molecule has 1 aromatic heterocycles. The normalized spacial score (nSPS) is 12.6. The maximum atomic E-state index is 11.5. The number of carbonyl (C=O) groups is 1. The lowest BCUT2D eigenvalue weighted by atomic mass is 10.1. The van der Waals surface area contributed by atoms with E-state index >= 15 is 0 Å². The number of hydrogen-bond donors (Lipinski definition) is 1. The van der Waals surface area contributed by atoms with Crippen LogP contribution in [0.3, 0.4) is 0 Å². The molecule has 0 fully saturated rings. The van der Waals surface area contributed by atoms with Crippen LogP contribution in [0.4, 0.5) is 5.69 Å². The number of fused-ring (bicyclic) bond motifs is 1. The molecule has 0 bridgehead atoms. The standard InChI is InChI=1S/C19H14ClN3O2/c1-25-17-5-3-2-4-13(17)12-9-21-19(22-10-12)14-6-11-7-18(24)23-16(11)8-15(14)20/h2-6,8-10H,7H2,1H3,(H,23,24). The fourth-order valence-electron chi connectivity index (χ4n) is 2.91. The van der Waals surface area contributed by atoms with Gasteiger partial charge in [-0.15, -0.1) is 0 Å². The highest BCUT2D eigenvalue weighted by Gasteiger charge is 2.21. The smallest absolute Gasteiger partial charge is 0.228 e. The van der Waals surface area contributed by atoms with Crippen molar-refractivity contribution in [3.05, 3.63) is 59.4 Å². The first kappa shape index (κ1) is 15.6. The molecule has 2 aromatic carbocycles. The van der Waals surface area contributed by atoms with Crippen molar-refractivity contribution in [2.75, 3.05) is 12.4 Å². The zero-order valence-corrected chi connectivity index (χ0v) is 14.2. The zero-order chi connectivity index (χ0) is 17.4. The van der Waals surface area contributed by atoms with Gasteiger partial charge in [0.15, 0.2) is 5.82 Å². The minimum Gasteiger partial charge on any atom is -0.496 e. The zero-order valence-electron chi connectivity index (χ0n) is 13.4. The minimum atomic E-state index is -0.0318. The topological polar surface area (TPSA) is 64.1 Å². The lowest BCUT2D eigenvalue weighted by Crippen LogP contribution is -2.03. The minimum absolute atomic E-state index is 0.0318. The molecule has 0 atom stereocenters. The maximum Gasteiger partial charge on any atom is 0.228 e. The average Bonchev–Trinajstić information content (AvgIpc) is 3.00. The summed E-state index contributed by atoms with van der Waals surface area (Å²) in [4.78, 5) is 20.4. The van der Waals surface area contributed by atoms with Crippen molar-refractivity contribution < 1.29 is 9.53 Å². The number of hydrogen-bond acceptors (Lipinski definition) is 4. The lowest BCUT2D eigenvalue weighted by molar-refractivity contribution is -0.115. The summed E-state index contributed by atoms with van der Waals surface area (Å²) in [6.45, 7) is 0. The first-order valence-corrected chi connectivity index (χ1v) is 8.11. The molecule has 3 aromatic rings. The summed E-state index contributed by atoms with van der Waals surface area (Å²) in [5.74, 6) is 1.25. The number of nitrogens with one attached hydrogen (secondary N) is 1. The van der Waals surface area contributed by atoms with E-state index in [9.17, 15) is 4.79 Å². The number of halogens is 1. The van der Waals surface area contributed by atoms with Gasteiger partial charge in [-0.1, -0.05) is 29.8 Å². The van der Waals surface area contributed by atoms with Gasteiger partial charge in [-0.2, -0.15) is 0 Å². The molecule has 25 heavy (non-hydrogen) atoms. The summed E-state index contributed by atoms with van der Waals surface area (Å²) in [6, 6.07) is 11.3. The van der Waals surface area contributed by atoms with Crippen molar-refractivity contribution in [1.82, 2.24) is 9.97 Å². The van der Waals surface area contributed by atoms with Crippen LogP contribution in [-0.4, -0.2) is 23.0 Å². The Hall–Kier alpha value is -2.92. The van der Waals surface area contributed by atoms with Gasteiger partial charge in [0.2, 0.25) is 5.91 Å². The summed E-state index contributed by atoms with van der Waals surface area (Å²) in [5, 5.41) is 3.29. The van der Waals surface area contributed by atoms with E-state index in [1.54, 1.807) is 25.6 Å². The number of carbonyl (C=O) groups excluding carboxylic acids is 1. The highest BCUT2D eigenvalue weighted by atomic mass is 35.5. The monoisotopic (exact) mass is 351 g/mol. The summed E-state index contributed by atoms with van der Waals surface area (Å²) < 4.78 is 5.38. The van der Waals surface area contributed by atoms with Crippen molar-refractivity contribution >= 4 is 23.2 Å². The van der Waals surface area contributed by atoms with Crippen molar-refractivity contribution in [3.8, 4) is 28.3 Å². The second-order valence-corrected chi connectivity index (χ2v) is 6.12. The molecule has 4 rings (SSSR count). The van der Waals surface area contributed by atoms with Gasteiger partial charge in [-0.05, 0) is 23.8 Å². The van der Waals surface area contributed by atoms with Crippen LogP contribution < -0.4 is 10.1 Å². The molecule has 0 saturated carbocycles. The van der Waals surface area contributed by atoms with Crippen LogP contribution in [0.25, 0.3) is 22.5 Å². The van der Waals surface area contributed by atoms with Crippen LogP contribution in [0.5, 0.6) is 5.75 Å². The first-order chi connectivity index (χ1) is 12.2. The van der Waals surface area contributed by atoms with E-state index in [1.165, 1.54) is 0 Å². The van der Waals surface area contributed by atoms with E-state index in [1.807, 2.05) is 30.3 Å². The predicted molar refractivity (Wildman–Crippen MR) is 96.8 cm³/mol. The molecule has 1 amide bonds. The average molecular weight is 352 g/mol. The Morgan fingerprint density at radius 1 is 1.12 bits per heavy atom. The number of anilines is 1. The van der Waals surface area contributed by atoms with Crippen LogP contribution in [-0.2, 0) is 11.2 Å². The number of para-hydroxylation sites is 1. The number of aromatic nitrogens is 2. The molecular weight excluding hydrogens is 338 g/mol. The fourth-order valence-corrected chi connectivity index (χ4v) is 3.16. The number of benzene rings is 2. The molecule has 5 nitrogen and oxygen atoms in total. The Morgan fingerprint density at radius 3 is 2.64 bits per heavy atom. The number of amides is 1. The summed E-state index contributed by atoms with van der Waals surface area (Å²) in [5.41, 5.74) is 4.15. The largest absolute Gasteiger partial charge is 0.496 e. The summed E-state index contributed by atoms with van der Waals surface area (Å²) >= 11 is 6.34. The van der Waals surface area contributed by atoms with Gasteiger partial charge in [0.1, 0.15) is 5.75 Å². The van der Waals surface area contributed by atoms with Gasteiger partial charge in [0.05, 0.1) is 18.6 Å². The Labute approximate surface area is 149 Å². The van der Waals surface area contributed by atoms with Gasteiger partial charge in [0, 0.05) is 34.8 Å². The molecule has 0 radical (unpaired) electrons. The molecule has 0 saturated heterocycles. The van der Waals surface area contributed by atoms with Crippen LogP contribution in [0, 0.1) is 0 Å². The summed E-state index contributed by atoms with van der Waals surface area (Å²) in [7, 11) is 1.63. The highest BCUT2D eigenvalue weighted by molar-refractivity contribution is 6.33. The highest BCUT2D eigenvalue weighted by Crippen LogP contribution is 2.35. The number of rotatable bonds is 3. The van der Waals surface area contributed by atoms with E-state index < -0.39 is 0 Å².